The van der Waals surface area contributed by atoms with Crippen LogP contribution in [0.3, 0.4) is 0 Å². The lowest BCUT2D eigenvalue weighted by Crippen LogP contribution is -2.14. The number of carbonyl (C=O) groups excluding carboxylic acids is 1. The van der Waals surface area contributed by atoms with E-state index in [1.54, 1.807) is 50.2 Å². The maximum absolute atomic E-state index is 12.7. The van der Waals surface area contributed by atoms with E-state index in [4.69, 9.17) is 25.2 Å². The predicted octanol–water partition coefficient (Wildman–Crippen LogP) is 5.91. The highest BCUT2D eigenvalue weighted by Gasteiger charge is 2.29. The van der Waals surface area contributed by atoms with Crippen LogP contribution in [0.1, 0.15) is 24.2 Å². The Morgan fingerprint density at radius 3 is 2.31 bits per heavy atom. The zero-order valence-electron chi connectivity index (χ0n) is 14.2. The average Bonchev–Trinajstić information content (AvgIpc) is 2.59. The highest BCUT2D eigenvalue weighted by atomic mass is 79.9. The fourth-order valence-electron chi connectivity index (χ4n) is 2.02. The van der Waals surface area contributed by atoms with Crippen LogP contribution in [0.4, 0.5) is 5.69 Å². The van der Waals surface area contributed by atoms with Crippen molar-refractivity contribution in [2.75, 3.05) is 18.5 Å². The number of nitrogens with one attached hydrogen (secondary N) is 1. The minimum absolute atomic E-state index is 0.0879. The molecule has 0 fully saturated rings. The first kappa shape index (κ1) is 20.9. The third kappa shape index (κ3) is 5.83. The van der Waals surface area contributed by atoms with Gasteiger partial charge in [-0.1, -0.05) is 27.5 Å². The summed E-state index contributed by atoms with van der Waals surface area (Å²) in [4.78, 5) is 12.7. The molecule has 1 N–H and O–H groups in total. The van der Waals surface area contributed by atoms with Gasteiger partial charge in [-0.15, -0.1) is 0 Å². The fourth-order valence-corrected chi connectivity index (χ4v) is 3.72. The molecule has 0 saturated heterocycles. The number of phosphoric acid groups is 1. The molecule has 2 aromatic rings. The van der Waals surface area contributed by atoms with E-state index in [0.717, 1.165) is 0 Å². The number of hydrogen-bond donors (Lipinski definition) is 1. The zero-order valence-corrected chi connectivity index (χ0v) is 17.4. The summed E-state index contributed by atoms with van der Waals surface area (Å²) in [6.07, 6.45) is 0. The van der Waals surface area contributed by atoms with E-state index in [1.807, 2.05) is 0 Å². The van der Waals surface area contributed by atoms with Crippen molar-refractivity contribution in [3.63, 3.8) is 0 Å². The second-order valence-electron chi connectivity index (χ2n) is 4.98. The van der Waals surface area contributed by atoms with Gasteiger partial charge in [-0.05, 0) is 56.3 Å². The Balaban J connectivity index is 2.30. The Morgan fingerprint density at radius 2 is 1.73 bits per heavy atom. The van der Waals surface area contributed by atoms with E-state index in [-0.39, 0.29) is 24.5 Å². The molecule has 0 atom stereocenters. The van der Waals surface area contributed by atoms with E-state index in [2.05, 4.69) is 21.2 Å². The number of phosphoric ester groups is 1. The van der Waals surface area contributed by atoms with Crippen LogP contribution in [-0.4, -0.2) is 19.1 Å². The Kier molecular flexibility index (Phi) is 7.68. The van der Waals surface area contributed by atoms with Gasteiger partial charge in [-0.3, -0.25) is 13.8 Å². The molecule has 2 aromatic carbocycles. The molecule has 0 unspecified atom stereocenters. The molecule has 0 aliphatic rings. The van der Waals surface area contributed by atoms with Crippen LogP contribution in [0.25, 0.3) is 0 Å². The van der Waals surface area contributed by atoms with Crippen molar-refractivity contribution in [3.05, 3.63) is 57.5 Å². The smallest absolute Gasteiger partial charge is 0.403 e. The largest absolute Gasteiger partial charge is 0.530 e. The Hall–Kier alpha value is -1.37. The minimum atomic E-state index is -3.82. The molecule has 2 rings (SSSR count). The normalized spacial score (nSPS) is 11.2. The summed E-state index contributed by atoms with van der Waals surface area (Å²) < 4.78 is 29.0. The van der Waals surface area contributed by atoms with Crippen LogP contribution in [0.5, 0.6) is 5.75 Å². The van der Waals surface area contributed by atoms with Gasteiger partial charge in [0.15, 0.2) is 0 Å². The molecule has 0 saturated carbocycles. The van der Waals surface area contributed by atoms with Gasteiger partial charge in [0.1, 0.15) is 5.75 Å². The minimum Gasteiger partial charge on any atom is -0.403 e. The number of hydrogen-bond acceptors (Lipinski definition) is 5. The van der Waals surface area contributed by atoms with Gasteiger partial charge in [0.05, 0.1) is 18.8 Å². The Morgan fingerprint density at radius 1 is 1.12 bits per heavy atom. The van der Waals surface area contributed by atoms with Crippen molar-refractivity contribution in [3.8, 4) is 5.75 Å². The summed E-state index contributed by atoms with van der Waals surface area (Å²) in [5.41, 5.74) is 0.733. The van der Waals surface area contributed by atoms with E-state index < -0.39 is 13.7 Å². The maximum atomic E-state index is 12.7. The van der Waals surface area contributed by atoms with Crippen molar-refractivity contribution >= 4 is 46.9 Å². The Bertz CT molecular complexity index is 805. The average molecular weight is 463 g/mol. The van der Waals surface area contributed by atoms with Crippen molar-refractivity contribution < 1.29 is 22.9 Å². The van der Waals surface area contributed by atoms with Crippen LogP contribution >= 0.6 is 35.4 Å². The lowest BCUT2D eigenvalue weighted by molar-refractivity contribution is 0.102. The number of benzene rings is 2. The molecule has 0 bridgehead atoms. The number of anilines is 1. The van der Waals surface area contributed by atoms with Crippen molar-refractivity contribution in [2.45, 2.75) is 13.8 Å². The van der Waals surface area contributed by atoms with E-state index in [1.165, 1.54) is 6.07 Å². The van der Waals surface area contributed by atoms with Crippen molar-refractivity contribution in [1.29, 1.82) is 0 Å². The summed E-state index contributed by atoms with van der Waals surface area (Å²) in [7, 11) is -3.82. The van der Waals surface area contributed by atoms with Crippen LogP contribution < -0.4 is 9.84 Å². The standard InChI is InChI=1S/C17H18BrClNO5P/c1-3-23-26(22,24-4-2)25-16-10-5-12(18)11-15(16)17(21)20-14-8-6-13(19)7-9-14/h5-11H,3-4H2,1-2H3,(H,20,21). The number of halogens is 2. The molecular weight excluding hydrogens is 445 g/mol. The molecule has 9 heteroatoms. The molecule has 0 radical (unpaired) electrons. The number of carbonyl (C=O) groups is 1. The van der Waals surface area contributed by atoms with E-state index in [9.17, 15) is 9.36 Å². The summed E-state index contributed by atoms with van der Waals surface area (Å²) in [5, 5.41) is 3.29. The van der Waals surface area contributed by atoms with E-state index in [0.29, 0.717) is 15.2 Å². The van der Waals surface area contributed by atoms with Crippen molar-refractivity contribution in [1.82, 2.24) is 0 Å². The first-order chi connectivity index (χ1) is 12.4. The predicted molar refractivity (Wildman–Crippen MR) is 105 cm³/mol. The molecule has 0 spiro atoms. The van der Waals surface area contributed by atoms with E-state index >= 15 is 0 Å². The first-order valence-electron chi connectivity index (χ1n) is 7.82. The van der Waals surface area contributed by atoms with Gasteiger partial charge < -0.3 is 9.84 Å². The van der Waals surface area contributed by atoms with Crippen LogP contribution in [-0.2, 0) is 13.6 Å². The third-order valence-corrected chi connectivity index (χ3v) is 5.39. The van der Waals surface area contributed by atoms with Crippen LogP contribution in [0.2, 0.25) is 5.02 Å². The van der Waals surface area contributed by atoms with Crippen LogP contribution in [0.15, 0.2) is 46.9 Å². The SMILES string of the molecule is CCOP(=O)(OCC)Oc1ccc(Br)cc1C(=O)Nc1ccc(Cl)cc1. The van der Waals surface area contributed by atoms with Crippen molar-refractivity contribution in [2.24, 2.45) is 0 Å². The summed E-state index contributed by atoms with van der Waals surface area (Å²) in [6.45, 7) is 3.62. The number of amides is 1. The molecule has 26 heavy (non-hydrogen) atoms. The lowest BCUT2D eigenvalue weighted by Gasteiger charge is -2.19. The van der Waals surface area contributed by atoms with Crippen LogP contribution in [0, 0.1) is 0 Å². The molecule has 0 aliphatic heterocycles. The van der Waals surface area contributed by atoms with Gasteiger partial charge in [0, 0.05) is 15.2 Å². The third-order valence-electron chi connectivity index (χ3n) is 3.07. The molecule has 0 heterocycles. The van der Waals surface area contributed by atoms with Gasteiger partial charge in [-0.25, -0.2) is 4.57 Å². The molecule has 6 nitrogen and oxygen atoms in total. The number of rotatable bonds is 8. The first-order valence-corrected chi connectivity index (χ1v) is 10.4. The fraction of sp³-hybridized carbons (Fsp3) is 0.235. The molecular formula is C17H18BrClNO5P. The zero-order chi connectivity index (χ0) is 19.2. The van der Waals surface area contributed by atoms with Gasteiger partial charge in [0.2, 0.25) is 0 Å². The maximum Gasteiger partial charge on any atom is 0.530 e. The quantitative estimate of drug-likeness (QED) is 0.493. The topological polar surface area (TPSA) is 73.9 Å². The summed E-state index contributed by atoms with van der Waals surface area (Å²) in [6, 6.07) is 11.4. The van der Waals surface area contributed by atoms with Gasteiger partial charge in [0.25, 0.3) is 5.91 Å². The summed E-state index contributed by atoms with van der Waals surface area (Å²) in [5.74, 6) is -0.354. The molecule has 140 valence electrons. The molecule has 0 aliphatic carbocycles. The molecule has 0 aromatic heterocycles. The summed E-state index contributed by atoms with van der Waals surface area (Å²) >= 11 is 9.16. The highest BCUT2D eigenvalue weighted by Crippen LogP contribution is 2.50. The highest BCUT2D eigenvalue weighted by molar-refractivity contribution is 9.10. The Labute approximate surface area is 165 Å². The lowest BCUT2D eigenvalue weighted by atomic mass is 10.2. The molecule has 1 amide bonds. The second kappa shape index (κ2) is 9.53. The van der Waals surface area contributed by atoms with Gasteiger partial charge in [-0.2, -0.15) is 0 Å². The second-order valence-corrected chi connectivity index (χ2v) is 7.92. The monoisotopic (exact) mass is 461 g/mol. The van der Waals surface area contributed by atoms with Gasteiger partial charge >= 0.3 is 7.82 Å².